The van der Waals surface area contributed by atoms with Crippen molar-refractivity contribution in [3.63, 3.8) is 0 Å². The maximum absolute atomic E-state index is 13.5. The number of hydrogen-bond acceptors (Lipinski definition) is 4. The van der Waals surface area contributed by atoms with Crippen LogP contribution in [0, 0.1) is 17.6 Å². The summed E-state index contributed by atoms with van der Waals surface area (Å²) in [7, 11) is 0. The van der Waals surface area contributed by atoms with E-state index in [4.69, 9.17) is 4.74 Å². The van der Waals surface area contributed by atoms with Crippen LogP contribution >= 0.6 is 0 Å². The molecule has 6 nitrogen and oxygen atoms in total. The number of rotatable bonds is 6. The number of carbonyl (C=O) groups is 2. The minimum absolute atomic E-state index is 0.101. The van der Waals surface area contributed by atoms with E-state index in [1.54, 1.807) is 11.0 Å². The van der Waals surface area contributed by atoms with Crippen LogP contribution in [0.5, 0.6) is 5.75 Å². The van der Waals surface area contributed by atoms with Gasteiger partial charge in [0.1, 0.15) is 12.4 Å². The average molecular weight is 429 g/mol. The number of nitrogens with one attached hydrogen (secondary N) is 1. The predicted molar refractivity (Wildman–Crippen MR) is 113 cm³/mol. The van der Waals surface area contributed by atoms with Gasteiger partial charge < -0.3 is 19.9 Å². The predicted octanol–water partition coefficient (Wildman–Crippen LogP) is 3.11. The smallest absolute Gasteiger partial charge is 0.227 e. The first-order valence-corrected chi connectivity index (χ1v) is 10.5. The van der Waals surface area contributed by atoms with Crippen LogP contribution in [0.1, 0.15) is 19.3 Å². The van der Waals surface area contributed by atoms with Gasteiger partial charge in [0.2, 0.25) is 11.8 Å². The van der Waals surface area contributed by atoms with E-state index in [0.717, 1.165) is 24.7 Å². The molecule has 0 aromatic heterocycles. The fourth-order valence-electron chi connectivity index (χ4n) is 4.05. The van der Waals surface area contributed by atoms with Gasteiger partial charge in [-0.15, -0.1) is 0 Å². The molecular formula is C23H25F2N3O3. The van der Waals surface area contributed by atoms with Gasteiger partial charge in [-0.25, -0.2) is 8.78 Å². The van der Waals surface area contributed by atoms with Crippen LogP contribution in [0.15, 0.2) is 42.5 Å². The van der Waals surface area contributed by atoms with Gasteiger partial charge in [0.15, 0.2) is 11.6 Å². The van der Waals surface area contributed by atoms with Crippen molar-refractivity contribution in [2.24, 2.45) is 5.92 Å². The standard InChI is InChI=1S/C23H25F2N3O3/c24-18-6-5-17(13-19(18)25)27-10-9-16(15-27)14-26-22(29)7-8-23(30)28-11-12-31-21-4-2-1-3-20(21)28/h1-6,13,16H,7-12,14-15H2,(H,26,29). The van der Waals surface area contributed by atoms with Gasteiger partial charge >= 0.3 is 0 Å². The van der Waals surface area contributed by atoms with Crippen molar-refractivity contribution in [3.8, 4) is 5.75 Å². The fraction of sp³-hybridized carbons (Fsp3) is 0.391. The summed E-state index contributed by atoms with van der Waals surface area (Å²) in [6.07, 6.45) is 1.10. The van der Waals surface area contributed by atoms with Crippen LogP contribution in [0.3, 0.4) is 0 Å². The summed E-state index contributed by atoms with van der Waals surface area (Å²) in [5.74, 6) is -1.08. The number of ether oxygens (including phenoxy) is 1. The van der Waals surface area contributed by atoms with Gasteiger partial charge in [0, 0.05) is 44.2 Å². The van der Waals surface area contributed by atoms with Crippen molar-refractivity contribution in [1.82, 2.24) is 5.32 Å². The molecule has 2 heterocycles. The number of halogens is 2. The average Bonchev–Trinajstić information content (AvgIpc) is 3.26. The molecule has 2 amide bonds. The van der Waals surface area contributed by atoms with E-state index in [1.807, 2.05) is 29.2 Å². The molecule has 1 atom stereocenters. The van der Waals surface area contributed by atoms with Crippen LogP contribution in [0.2, 0.25) is 0 Å². The lowest BCUT2D eigenvalue weighted by Crippen LogP contribution is -2.38. The fourth-order valence-corrected chi connectivity index (χ4v) is 4.05. The highest BCUT2D eigenvalue weighted by Crippen LogP contribution is 2.31. The molecule has 8 heteroatoms. The highest BCUT2D eigenvalue weighted by molar-refractivity contribution is 5.97. The van der Waals surface area contributed by atoms with Crippen LogP contribution in [0.25, 0.3) is 0 Å². The number of benzene rings is 2. The molecule has 0 bridgehead atoms. The maximum atomic E-state index is 13.5. The molecule has 31 heavy (non-hydrogen) atoms. The first-order chi connectivity index (χ1) is 15.0. The Balaban J connectivity index is 1.21. The van der Waals surface area contributed by atoms with Gasteiger partial charge in [0.25, 0.3) is 0 Å². The second-order valence-electron chi connectivity index (χ2n) is 7.86. The molecule has 4 rings (SSSR count). The molecule has 1 unspecified atom stereocenters. The second kappa shape index (κ2) is 9.32. The molecule has 1 fully saturated rings. The lowest BCUT2D eigenvalue weighted by Gasteiger charge is -2.29. The number of nitrogens with zero attached hydrogens (tertiary/aromatic N) is 2. The minimum atomic E-state index is -0.859. The monoisotopic (exact) mass is 429 g/mol. The first kappa shape index (κ1) is 21.1. The Hall–Kier alpha value is -3.16. The van der Waals surface area contributed by atoms with Gasteiger partial charge in [-0.1, -0.05) is 12.1 Å². The van der Waals surface area contributed by atoms with Crippen molar-refractivity contribution in [1.29, 1.82) is 0 Å². The number of carbonyl (C=O) groups excluding carboxylic acids is 2. The van der Waals surface area contributed by atoms with Crippen molar-refractivity contribution in [2.45, 2.75) is 19.3 Å². The molecule has 2 aromatic rings. The van der Waals surface area contributed by atoms with Crippen LogP contribution in [-0.4, -0.2) is 44.6 Å². The Morgan fingerprint density at radius 2 is 1.90 bits per heavy atom. The largest absolute Gasteiger partial charge is 0.490 e. The van der Waals surface area contributed by atoms with E-state index < -0.39 is 11.6 Å². The van der Waals surface area contributed by atoms with Gasteiger partial charge in [0.05, 0.1) is 12.2 Å². The zero-order valence-corrected chi connectivity index (χ0v) is 17.2. The number of anilines is 2. The zero-order valence-electron chi connectivity index (χ0n) is 17.2. The van der Waals surface area contributed by atoms with E-state index in [9.17, 15) is 18.4 Å². The van der Waals surface area contributed by atoms with Crippen molar-refractivity contribution in [3.05, 3.63) is 54.1 Å². The number of hydrogen-bond donors (Lipinski definition) is 1. The highest BCUT2D eigenvalue weighted by atomic mass is 19.2. The summed E-state index contributed by atoms with van der Waals surface area (Å²) < 4.78 is 32.1. The summed E-state index contributed by atoms with van der Waals surface area (Å²) in [5.41, 5.74) is 1.38. The third kappa shape index (κ3) is 4.95. The topological polar surface area (TPSA) is 61.9 Å². The quantitative estimate of drug-likeness (QED) is 0.767. The molecule has 0 spiro atoms. The number of amides is 2. The Morgan fingerprint density at radius 1 is 1.06 bits per heavy atom. The zero-order chi connectivity index (χ0) is 21.8. The molecular weight excluding hydrogens is 404 g/mol. The minimum Gasteiger partial charge on any atom is -0.490 e. The molecule has 0 saturated carbocycles. The van der Waals surface area contributed by atoms with Crippen LogP contribution < -0.4 is 19.9 Å². The van der Waals surface area contributed by atoms with Crippen LogP contribution in [-0.2, 0) is 9.59 Å². The van der Waals surface area contributed by atoms with Crippen molar-refractivity contribution < 1.29 is 23.1 Å². The maximum Gasteiger partial charge on any atom is 0.227 e. The molecule has 2 aliphatic rings. The molecule has 0 radical (unpaired) electrons. The summed E-state index contributed by atoms with van der Waals surface area (Å²) in [5, 5.41) is 2.90. The molecule has 1 saturated heterocycles. The Kier molecular flexibility index (Phi) is 6.34. The molecule has 2 aromatic carbocycles. The third-order valence-corrected chi connectivity index (χ3v) is 5.74. The number of fused-ring (bicyclic) bond motifs is 1. The van der Waals surface area contributed by atoms with Crippen molar-refractivity contribution >= 4 is 23.2 Å². The third-order valence-electron chi connectivity index (χ3n) is 5.74. The second-order valence-corrected chi connectivity index (χ2v) is 7.86. The van der Waals surface area contributed by atoms with Crippen molar-refractivity contribution in [2.75, 3.05) is 42.6 Å². The molecule has 2 aliphatic heterocycles. The Bertz CT molecular complexity index is 969. The van der Waals surface area contributed by atoms with Crippen LogP contribution in [0.4, 0.5) is 20.2 Å². The number of para-hydroxylation sites is 2. The van der Waals surface area contributed by atoms with Gasteiger partial charge in [-0.3, -0.25) is 9.59 Å². The summed E-state index contributed by atoms with van der Waals surface area (Å²) in [4.78, 5) is 28.5. The van der Waals surface area contributed by atoms with E-state index in [1.165, 1.54) is 6.07 Å². The Morgan fingerprint density at radius 3 is 2.74 bits per heavy atom. The summed E-state index contributed by atoms with van der Waals surface area (Å²) >= 11 is 0. The molecule has 0 aliphatic carbocycles. The molecule has 164 valence electrons. The first-order valence-electron chi connectivity index (χ1n) is 10.5. The lowest BCUT2D eigenvalue weighted by molar-refractivity contribution is -0.125. The normalized spacial score (nSPS) is 17.8. The van der Waals surface area contributed by atoms with E-state index >= 15 is 0 Å². The van der Waals surface area contributed by atoms with E-state index in [0.29, 0.717) is 37.7 Å². The highest BCUT2D eigenvalue weighted by Gasteiger charge is 2.25. The SMILES string of the molecule is O=C(CCC(=O)N1CCOc2ccccc21)NCC1CCN(c2ccc(F)c(F)c2)C1. The lowest BCUT2D eigenvalue weighted by atomic mass is 10.1. The summed E-state index contributed by atoms with van der Waals surface area (Å²) in [6, 6.07) is 11.3. The summed E-state index contributed by atoms with van der Waals surface area (Å²) in [6.45, 7) is 2.79. The molecule has 1 N–H and O–H groups in total. The van der Waals surface area contributed by atoms with Gasteiger partial charge in [-0.05, 0) is 36.6 Å². The van der Waals surface area contributed by atoms with E-state index in [-0.39, 0.29) is 30.6 Å². The van der Waals surface area contributed by atoms with Gasteiger partial charge in [-0.2, -0.15) is 0 Å². The Labute approximate surface area is 179 Å². The van der Waals surface area contributed by atoms with E-state index in [2.05, 4.69) is 5.32 Å².